The summed E-state index contributed by atoms with van der Waals surface area (Å²) >= 11 is 5.87. The summed E-state index contributed by atoms with van der Waals surface area (Å²) in [7, 11) is 0. The number of fused-ring (bicyclic) bond motifs is 1. The van der Waals surface area contributed by atoms with Crippen LogP contribution in [0, 0.1) is 0 Å². The van der Waals surface area contributed by atoms with Crippen LogP contribution in [0.15, 0.2) is 30.9 Å². The van der Waals surface area contributed by atoms with Crippen molar-refractivity contribution in [2.75, 3.05) is 0 Å². The van der Waals surface area contributed by atoms with E-state index in [2.05, 4.69) is 16.5 Å². The Morgan fingerprint density at radius 1 is 1.60 bits per heavy atom. The molecule has 3 nitrogen and oxygen atoms in total. The molecule has 1 aromatic carbocycles. The maximum atomic E-state index is 5.91. The maximum Gasteiger partial charge on any atom is 0.124 e. The topological polar surface area (TPSA) is 54.7 Å². The van der Waals surface area contributed by atoms with Gasteiger partial charge in [-0.3, -0.25) is 0 Å². The Morgan fingerprint density at radius 3 is 3.13 bits per heavy atom. The van der Waals surface area contributed by atoms with Crippen molar-refractivity contribution in [3.05, 3.63) is 41.7 Å². The van der Waals surface area contributed by atoms with Crippen molar-refractivity contribution in [1.29, 1.82) is 0 Å². The highest BCUT2D eigenvalue weighted by Crippen LogP contribution is 2.20. The maximum absolute atomic E-state index is 5.91. The highest BCUT2D eigenvalue weighted by molar-refractivity contribution is 6.31. The lowest BCUT2D eigenvalue weighted by atomic mass is 10.2. The van der Waals surface area contributed by atoms with E-state index in [-0.39, 0.29) is 6.04 Å². The van der Waals surface area contributed by atoms with Gasteiger partial charge in [-0.15, -0.1) is 6.58 Å². The molecule has 0 saturated heterocycles. The van der Waals surface area contributed by atoms with Crippen LogP contribution in [-0.4, -0.2) is 9.97 Å². The normalized spacial score (nSPS) is 12.9. The number of rotatable bonds is 3. The molecule has 0 aliphatic rings. The molecule has 1 heterocycles. The Morgan fingerprint density at radius 2 is 2.40 bits per heavy atom. The van der Waals surface area contributed by atoms with Gasteiger partial charge in [-0.05, 0) is 24.6 Å². The third-order valence-corrected chi connectivity index (χ3v) is 2.47. The third-order valence-electron chi connectivity index (χ3n) is 2.24. The number of benzene rings is 1. The molecular weight excluding hydrogens is 210 g/mol. The smallest absolute Gasteiger partial charge is 0.124 e. The minimum atomic E-state index is -0.131. The zero-order chi connectivity index (χ0) is 10.8. The average molecular weight is 222 g/mol. The van der Waals surface area contributed by atoms with Gasteiger partial charge in [-0.1, -0.05) is 17.7 Å². The van der Waals surface area contributed by atoms with E-state index in [4.69, 9.17) is 17.3 Å². The van der Waals surface area contributed by atoms with Crippen molar-refractivity contribution in [2.45, 2.75) is 12.5 Å². The number of nitrogens with zero attached hydrogens (tertiary/aromatic N) is 1. The van der Waals surface area contributed by atoms with Gasteiger partial charge in [0, 0.05) is 5.02 Å². The lowest BCUT2D eigenvalue weighted by molar-refractivity contribution is 0.696. The van der Waals surface area contributed by atoms with Crippen molar-refractivity contribution in [2.24, 2.45) is 5.73 Å². The summed E-state index contributed by atoms with van der Waals surface area (Å²) in [6.45, 7) is 3.65. The van der Waals surface area contributed by atoms with Crippen LogP contribution in [0.3, 0.4) is 0 Å². The molecule has 3 N–H and O–H groups in total. The van der Waals surface area contributed by atoms with E-state index in [0.29, 0.717) is 11.4 Å². The van der Waals surface area contributed by atoms with Crippen LogP contribution in [0.4, 0.5) is 0 Å². The van der Waals surface area contributed by atoms with Crippen LogP contribution in [0.1, 0.15) is 18.3 Å². The molecule has 0 spiro atoms. The first-order valence-electron chi connectivity index (χ1n) is 4.72. The average Bonchev–Trinajstić information content (AvgIpc) is 2.60. The Hall–Kier alpha value is -1.32. The van der Waals surface area contributed by atoms with Crippen molar-refractivity contribution in [3.8, 4) is 0 Å². The van der Waals surface area contributed by atoms with Gasteiger partial charge >= 0.3 is 0 Å². The van der Waals surface area contributed by atoms with Gasteiger partial charge in [0.05, 0.1) is 17.1 Å². The second kappa shape index (κ2) is 4.04. The highest BCUT2D eigenvalue weighted by Gasteiger charge is 2.09. The van der Waals surface area contributed by atoms with E-state index in [0.717, 1.165) is 16.9 Å². The number of imidazole rings is 1. The van der Waals surface area contributed by atoms with Crippen LogP contribution in [-0.2, 0) is 0 Å². The lowest BCUT2D eigenvalue weighted by Gasteiger charge is -2.03. The molecule has 0 aliphatic heterocycles. The molecule has 15 heavy (non-hydrogen) atoms. The molecule has 2 aromatic rings. The fourth-order valence-electron chi connectivity index (χ4n) is 1.47. The van der Waals surface area contributed by atoms with Crippen LogP contribution in [0.5, 0.6) is 0 Å². The first-order chi connectivity index (χ1) is 7.20. The first kappa shape index (κ1) is 10.2. The minimum absolute atomic E-state index is 0.131. The van der Waals surface area contributed by atoms with Crippen molar-refractivity contribution in [1.82, 2.24) is 9.97 Å². The van der Waals surface area contributed by atoms with E-state index in [1.54, 1.807) is 6.08 Å². The summed E-state index contributed by atoms with van der Waals surface area (Å²) in [6, 6.07) is 5.41. The molecule has 0 saturated carbocycles. The minimum Gasteiger partial charge on any atom is -0.341 e. The quantitative estimate of drug-likeness (QED) is 0.784. The Bertz CT molecular complexity index is 490. The predicted octanol–water partition coefficient (Wildman–Crippen LogP) is 2.79. The number of hydrogen-bond acceptors (Lipinski definition) is 2. The van der Waals surface area contributed by atoms with Gasteiger partial charge in [-0.2, -0.15) is 0 Å². The SMILES string of the molecule is C=CC[C@H](N)c1nc2cc(Cl)ccc2[nH]1. The van der Waals surface area contributed by atoms with Crippen molar-refractivity contribution >= 4 is 22.6 Å². The predicted molar refractivity (Wildman–Crippen MR) is 62.8 cm³/mol. The van der Waals surface area contributed by atoms with E-state index in [1.165, 1.54) is 0 Å². The van der Waals surface area contributed by atoms with Gasteiger partial charge < -0.3 is 10.7 Å². The highest BCUT2D eigenvalue weighted by atomic mass is 35.5. The van der Waals surface area contributed by atoms with Gasteiger partial charge in [0.1, 0.15) is 5.82 Å². The standard InChI is InChI=1S/C11H12ClN3/c1-2-3-8(13)11-14-9-5-4-7(12)6-10(9)15-11/h2,4-6,8H,1,3,13H2,(H,14,15)/t8-/m0/s1. The van der Waals surface area contributed by atoms with Crippen LogP contribution >= 0.6 is 11.6 Å². The Kier molecular flexibility index (Phi) is 2.75. The second-order valence-electron chi connectivity index (χ2n) is 3.41. The number of nitrogens with two attached hydrogens (primary N) is 1. The van der Waals surface area contributed by atoms with Crippen molar-refractivity contribution in [3.63, 3.8) is 0 Å². The number of halogens is 1. The Labute approximate surface area is 93.0 Å². The van der Waals surface area contributed by atoms with Crippen LogP contribution < -0.4 is 5.73 Å². The van der Waals surface area contributed by atoms with Gasteiger partial charge in [0.25, 0.3) is 0 Å². The summed E-state index contributed by atoms with van der Waals surface area (Å²) in [6.07, 6.45) is 2.48. The number of hydrogen-bond donors (Lipinski definition) is 2. The van der Waals surface area contributed by atoms with E-state index in [1.807, 2.05) is 18.2 Å². The third kappa shape index (κ3) is 2.03. The molecule has 0 amide bonds. The number of nitrogens with one attached hydrogen (secondary N) is 1. The number of aromatic nitrogens is 2. The first-order valence-corrected chi connectivity index (χ1v) is 5.10. The zero-order valence-corrected chi connectivity index (χ0v) is 8.96. The lowest BCUT2D eigenvalue weighted by Crippen LogP contribution is -2.10. The summed E-state index contributed by atoms with van der Waals surface area (Å²) in [4.78, 5) is 7.54. The summed E-state index contributed by atoms with van der Waals surface area (Å²) in [5, 5.41) is 0.679. The molecule has 2 rings (SSSR count). The molecule has 78 valence electrons. The number of H-pyrrole nitrogens is 1. The van der Waals surface area contributed by atoms with Crippen LogP contribution in [0.2, 0.25) is 5.02 Å². The van der Waals surface area contributed by atoms with Crippen molar-refractivity contribution < 1.29 is 0 Å². The van der Waals surface area contributed by atoms with Crippen LogP contribution in [0.25, 0.3) is 11.0 Å². The molecule has 1 aromatic heterocycles. The van der Waals surface area contributed by atoms with Gasteiger partial charge in [0.15, 0.2) is 0 Å². The monoisotopic (exact) mass is 221 g/mol. The fraction of sp³-hybridized carbons (Fsp3) is 0.182. The Balaban J connectivity index is 2.42. The van der Waals surface area contributed by atoms with Gasteiger partial charge in [0.2, 0.25) is 0 Å². The van der Waals surface area contributed by atoms with E-state index in [9.17, 15) is 0 Å². The molecule has 0 bridgehead atoms. The molecule has 0 fully saturated rings. The fourth-order valence-corrected chi connectivity index (χ4v) is 1.63. The zero-order valence-electron chi connectivity index (χ0n) is 8.20. The largest absolute Gasteiger partial charge is 0.341 e. The molecule has 0 radical (unpaired) electrons. The molecule has 1 atom stereocenters. The number of aromatic amines is 1. The molecule has 0 aliphatic carbocycles. The molecular formula is C11H12ClN3. The summed E-state index contributed by atoms with van der Waals surface area (Å²) in [5.41, 5.74) is 7.71. The van der Waals surface area contributed by atoms with E-state index < -0.39 is 0 Å². The summed E-state index contributed by atoms with van der Waals surface area (Å²) in [5.74, 6) is 0.771. The van der Waals surface area contributed by atoms with Gasteiger partial charge in [-0.25, -0.2) is 4.98 Å². The molecule has 0 unspecified atom stereocenters. The molecule has 4 heteroatoms. The summed E-state index contributed by atoms with van der Waals surface area (Å²) < 4.78 is 0. The van der Waals surface area contributed by atoms with E-state index >= 15 is 0 Å². The second-order valence-corrected chi connectivity index (χ2v) is 3.85.